The molecule has 0 bridgehead atoms. The topological polar surface area (TPSA) is 89.4 Å². The molecule has 2 rings (SSSR count). The van der Waals surface area contributed by atoms with Crippen molar-refractivity contribution in [1.29, 1.82) is 0 Å². The van der Waals surface area contributed by atoms with E-state index in [2.05, 4.69) is 0 Å². The summed E-state index contributed by atoms with van der Waals surface area (Å²) in [4.78, 5) is 25.6. The summed E-state index contributed by atoms with van der Waals surface area (Å²) in [5.41, 5.74) is 10.9. The third-order valence-electron chi connectivity index (χ3n) is 5.12. The smallest absolute Gasteiger partial charge is 0.225 e. The van der Waals surface area contributed by atoms with Gasteiger partial charge in [-0.05, 0) is 50.5 Å². The van der Waals surface area contributed by atoms with Crippen LogP contribution in [0.25, 0.3) is 0 Å². The number of rotatable bonds is 5. The van der Waals surface area contributed by atoms with Gasteiger partial charge in [-0.15, -0.1) is 0 Å². The summed E-state index contributed by atoms with van der Waals surface area (Å²) in [5, 5.41) is 0. The molecule has 4 N–H and O–H groups in total. The van der Waals surface area contributed by atoms with Gasteiger partial charge in [0.15, 0.2) is 0 Å². The summed E-state index contributed by atoms with van der Waals surface area (Å²) in [6.45, 7) is 2.30. The zero-order chi connectivity index (χ0) is 15.2. The van der Waals surface area contributed by atoms with Gasteiger partial charge in [0.25, 0.3) is 0 Å². The van der Waals surface area contributed by atoms with E-state index in [0.717, 1.165) is 58.2 Å². The minimum atomic E-state index is -0.225. The van der Waals surface area contributed by atoms with Crippen molar-refractivity contribution in [2.45, 2.75) is 51.4 Å². The maximum Gasteiger partial charge on any atom is 0.225 e. The van der Waals surface area contributed by atoms with Gasteiger partial charge in [0.2, 0.25) is 11.8 Å². The van der Waals surface area contributed by atoms with Crippen molar-refractivity contribution in [2.24, 2.45) is 29.2 Å². The largest absolute Gasteiger partial charge is 0.370 e. The van der Waals surface area contributed by atoms with Crippen LogP contribution in [0.3, 0.4) is 0 Å². The summed E-state index contributed by atoms with van der Waals surface area (Å²) in [7, 11) is 0. The summed E-state index contributed by atoms with van der Waals surface area (Å²) < 4.78 is 0. The zero-order valence-corrected chi connectivity index (χ0v) is 12.9. The number of amides is 2. The number of hydrogen-bond acceptors (Lipinski definition) is 3. The van der Waals surface area contributed by atoms with E-state index in [4.69, 9.17) is 11.5 Å². The lowest BCUT2D eigenvalue weighted by molar-refractivity contribution is -0.138. The number of likely N-dealkylation sites (tertiary alicyclic amines) is 1. The quantitative estimate of drug-likeness (QED) is 0.800. The third-order valence-corrected chi connectivity index (χ3v) is 5.12. The van der Waals surface area contributed by atoms with Crippen LogP contribution in [0, 0.1) is 17.8 Å². The standard InChI is InChI=1S/C16H29N3O2/c17-7-4-12-2-1-3-14(10-12)16(21)19-8-5-13(6-9-19)11-15(18)20/h12-14H,1-11,17H2,(H2,18,20). The maximum atomic E-state index is 12.6. The highest BCUT2D eigenvalue weighted by Crippen LogP contribution is 2.33. The summed E-state index contributed by atoms with van der Waals surface area (Å²) in [6.07, 6.45) is 7.75. The van der Waals surface area contributed by atoms with E-state index in [0.29, 0.717) is 24.2 Å². The Bertz CT molecular complexity index is 363. The number of carbonyl (C=O) groups is 2. The predicted molar refractivity (Wildman–Crippen MR) is 82.2 cm³/mol. The Kier molecular flexibility index (Phi) is 6.03. The van der Waals surface area contributed by atoms with Crippen molar-refractivity contribution in [2.75, 3.05) is 19.6 Å². The van der Waals surface area contributed by atoms with Gasteiger partial charge in [-0.25, -0.2) is 0 Å². The summed E-state index contributed by atoms with van der Waals surface area (Å²) in [5.74, 6) is 1.29. The lowest BCUT2D eigenvalue weighted by atomic mass is 9.79. The maximum absolute atomic E-state index is 12.6. The average Bonchev–Trinajstić information content (AvgIpc) is 2.47. The molecular weight excluding hydrogens is 266 g/mol. The molecule has 5 heteroatoms. The van der Waals surface area contributed by atoms with E-state index in [-0.39, 0.29) is 11.8 Å². The Labute approximate surface area is 127 Å². The van der Waals surface area contributed by atoms with Gasteiger partial charge in [0.1, 0.15) is 0 Å². The van der Waals surface area contributed by atoms with Gasteiger partial charge < -0.3 is 16.4 Å². The second kappa shape index (κ2) is 7.78. The van der Waals surface area contributed by atoms with Crippen molar-refractivity contribution in [3.05, 3.63) is 0 Å². The van der Waals surface area contributed by atoms with Gasteiger partial charge >= 0.3 is 0 Å². The number of nitrogens with zero attached hydrogens (tertiary/aromatic N) is 1. The molecule has 1 saturated carbocycles. The van der Waals surface area contributed by atoms with Gasteiger partial charge in [-0.3, -0.25) is 9.59 Å². The van der Waals surface area contributed by atoms with E-state index >= 15 is 0 Å². The van der Waals surface area contributed by atoms with E-state index in [9.17, 15) is 9.59 Å². The Balaban J connectivity index is 1.80. The van der Waals surface area contributed by atoms with Crippen LogP contribution >= 0.6 is 0 Å². The van der Waals surface area contributed by atoms with E-state index in [1.807, 2.05) is 4.90 Å². The number of nitrogens with two attached hydrogens (primary N) is 2. The van der Waals surface area contributed by atoms with Crippen molar-refractivity contribution in [1.82, 2.24) is 4.90 Å². The number of primary amides is 1. The molecule has 0 spiro atoms. The molecule has 2 aliphatic rings. The minimum Gasteiger partial charge on any atom is -0.370 e. The molecule has 1 aliphatic carbocycles. The molecule has 0 aromatic rings. The van der Waals surface area contributed by atoms with Crippen LogP contribution in [-0.2, 0) is 9.59 Å². The van der Waals surface area contributed by atoms with Crippen LogP contribution in [0.5, 0.6) is 0 Å². The van der Waals surface area contributed by atoms with Gasteiger partial charge in [0.05, 0.1) is 0 Å². The molecule has 21 heavy (non-hydrogen) atoms. The molecule has 2 amide bonds. The average molecular weight is 295 g/mol. The molecule has 2 fully saturated rings. The second-order valence-electron chi connectivity index (χ2n) is 6.75. The summed E-state index contributed by atoms with van der Waals surface area (Å²) >= 11 is 0. The van der Waals surface area contributed by atoms with Crippen molar-refractivity contribution in [3.8, 4) is 0 Å². The Morgan fingerprint density at radius 2 is 1.76 bits per heavy atom. The monoisotopic (exact) mass is 295 g/mol. The first-order valence-corrected chi connectivity index (χ1v) is 8.37. The molecule has 0 aromatic heterocycles. The fourth-order valence-corrected chi connectivity index (χ4v) is 3.91. The van der Waals surface area contributed by atoms with Crippen molar-refractivity contribution in [3.63, 3.8) is 0 Å². The molecule has 1 heterocycles. The molecule has 2 atom stereocenters. The Morgan fingerprint density at radius 1 is 1.05 bits per heavy atom. The van der Waals surface area contributed by atoms with Crippen molar-refractivity contribution < 1.29 is 9.59 Å². The Morgan fingerprint density at radius 3 is 2.38 bits per heavy atom. The summed E-state index contributed by atoms with van der Waals surface area (Å²) in [6, 6.07) is 0. The SMILES string of the molecule is NCCC1CCCC(C(=O)N2CCC(CC(N)=O)CC2)C1. The highest BCUT2D eigenvalue weighted by Gasteiger charge is 2.32. The molecule has 120 valence electrons. The van der Waals surface area contributed by atoms with Crippen LogP contribution in [0.2, 0.25) is 0 Å². The third kappa shape index (κ3) is 4.70. The lowest BCUT2D eigenvalue weighted by Gasteiger charge is -2.36. The highest BCUT2D eigenvalue weighted by molar-refractivity contribution is 5.79. The van der Waals surface area contributed by atoms with E-state index in [1.54, 1.807) is 0 Å². The van der Waals surface area contributed by atoms with Crippen LogP contribution in [0.15, 0.2) is 0 Å². The second-order valence-corrected chi connectivity index (χ2v) is 6.75. The van der Waals surface area contributed by atoms with Crippen LogP contribution in [0.4, 0.5) is 0 Å². The number of piperidine rings is 1. The fraction of sp³-hybridized carbons (Fsp3) is 0.875. The fourth-order valence-electron chi connectivity index (χ4n) is 3.91. The molecule has 1 saturated heterocycles. The molecule has 0 aromatic carbocycles. The Hall–Kier alpha value is -1.10. The first-order chi connectivity index (χ1) is 10.1. The van der Waals surface area contributed by atoms with Crippen LogP contribution in [-0.4, -0.2) is 36.3 Å². The number of carbonyl (C=O) groups excluding carboxylic acids is 2. The zero-order valence-electron chi connectivity index (χ0n) is 12.9. The van der Waals surface area contributed by atoms with Gasteiger partial charge in [-0.1, -0.05) is 12.8 Å². The first-order valence-electron chi connectivity index (χ1n) is 8.37. The minimum absolute atomic E-state index is 0.197. The molecule has 5 nitrogen and oxygen atoms in total. The predicted octanol–water partition coefficient (Wildman–Crippen LogP) is 1.26. The first kappa shape index (κ1) is 16.3. The van der Waals surface area contributed by atoms with E-state index in [1.165, 1.54) is 6.42 Å². The van der Waals surface area contributed by atoms with Crippen LogP contribution in [0.1, 0.15) is 51.4 Å². The molecule has 0 radical (unpaired) electrons. The number of hydrogen-bond donors (Lipinski definition) is 2. The van der Waals surface area contributed by atoms with Gasteiger partial charge in [-0.2, -0.15) is 0 Å². The van der Waals surface area contributed by atoms with Crippen molar-refractivity contribution >= 4 is 11.8 Å². The normalized spacial score (nSPS) is 27.6. The highest BCUT2D eigenvalue weighted by atomic mass is 16.2. The molecule has 1 aliphatic heterocycles. The molecule has 2 unspecified atom stereocenters. The van der Waals surface area contributed by atoms with Crippen LogP contribution < -0.4 is 11.5 Å². The van der Waals surface area contributed by atoms with E-state index < -0.39 is 0 Å². The van der Waals surface area contributed by atoms with Gasteiger partial charge in [0, 0.05) is 25.4 Å². The lowest BCUT2D eigenvalue weighted by Crippen LogP contribution is -2.43. The molecular formula is C16H29N3O2.